The average molecular weight is 278 g/mol. The highest BCUT2D eigenvalue weighted by atomic mass is 31.2. The number of hydrogen-bond donors (Lipinski definition) is 0. The lowest BCUT2D eigenvalue weighted by molar-refractivity contribution is 0.588. The molecule has 0 unspecified atom stereocenters. The number of nitrogens with zero attached hydrogens (tertiary/aromatic N) is 2. The summed E-state index contributed by atoms with van der Waals surface area (Å²) in [6.07, 6.45) is 1.49. The molecule has 0 atom stereocenters. The molecule has 102 valence electrons. The zero-order valence-electron chi connectivity index (χ0n) is 12.0. The molecule has 0 aliphatic rings. The molecule has 1 aromatic carbocycles. The van der Waals surface area contributed by atoms with Crippen LogP contribution in [-0.4, -0.2) is 22.9 Å². The van der Waals surface area contributed by atoms with Gasteiger partial charge in [-0.1, -0.05) is 19.9 Å². The van der Waals surface area contributed by atoms with Crippen molar-refractivity contribution in [3.05, 3.63) is 34.4 Å². The zero-order valence-corrected chi connectivity index (χ0v) is 12.9. The van der Waals surface area contributed by atoms with Crippen LogP contribution < -0.4 is 10.9 Å². The van der Waals surface area contributed by atoms with Gasteiger partial charge in [0.15, 0.2) is 0 Å². The summed E-state index contributed by atoms with van der Waals surface area (Å²) in [4.78, 5) is 16.5. The van der Waals surface area contributed by atoms with Crippen LogP contribution in [0.4, 0.5) is 0 Å². The largest absolute Gasteiger partial charge is 0.319 e. The Labute approximate surface area is 112 Å². The van der Waals surface area contributed by atoms with Crippen LogP contribution in [0, 0.1) is 0 Å². The van der Waals surface area contributed by atoms with Crippen molar-refractivity contribution < 1.29 is 4.57 Å². The van der Waals surface area contributed by atoms with Gasteiger partial charge in [-0.3, -0.25) is 4.79 Å². The summed E-state index contributed by atoms with van der Waals surface area (Å²) >= 11 is 0. The van der Waals surface area contributed by atoms with Gasteiger partial charge in [-0.25, -0.2) is 4.98 Å². The maximum absolute atomic E-state index is 12.6. The summed E-state index contributed by atoms with van der Waals surface area (Å²) < 4.78 is 14.0. The molecule has 0 saturated carbocycles. The lowest BCUT2D eigenvalue weighted by atomic mass is 10.0. The minimum atomic E-state index is -2.50. The second-order valence-electron chi connectivity index (χ2n) is 5.57. The second kappa shape index (κ2) is 4.61. The van der Waals surface area contributed by atoms with Crippen molar-refractivity contribution in [2.45, 2.75) is 19.8 Å². The minimum absolute atomic E-state index is 0.102. The van der Waals surface area contributed by atoms with Crippen molar-refractivity contribution >= 4 is 23.3 Å². The van der Waals surface area contributed by atoms with Gasteiger partial charge in [-0.15, -0.1) is 0 Å². The van der Waals surface area contributed by atoms with E-state index in [4.69, 9.17) is 0 Å². The first-order chi connectivity index (χ1) is 8.73. The van der Waals surface area contributed by atoms with E-state index in [9.17, 15) is 9.36 Å². The number of fused-ring (bicyclic) bond motifs is 1. The van der Waals surface area contributed by atoms with Gasteiger partial charge >= 0.3 is 0 Å². The molecular weight excluding hydrogens is 259 g/mol. The first kappa shape index (κ1) is 14.0. The van der Waals surface area contributed by atoms with Gasteiger partial charge in [-0.05, 0) is 30.9 Å². The molecule has 0 amide bonds. The summed E-state index contributed by atoms with van der Waals surface area (Å²) in [5.74, 6) is 0.249. The van der Waals surface area contributed by atoms with Crippen LogP contribution in [0.5, 0.6) is 0 Å². The maximum atomic E-state index is 12.6. The molecule has 2 aromatic rings. The van der Waals surface area contributed by atoms with Crippen LogP contribution in [0.25, 0.3) is 10.9 Å². The molecule has 0 N–H and O–H groups in total. The number of rotatable bonds is 2. The quantitative estimate of drug-likeness (QED) is 0.792. The standard InChI is InChI=1S/C14H19N2O2P/c1-9(2)10-6-7-11-12(13(10)19(4,5)18)15-8-16(3)14(11)17/h6-9H,1-5H3. The highest BCUT2D eigenvalue weighted by Crippen LogP contribution is 2.39. The molecule has 0 saturated heterocycles. The Balaban J connectivity index is 3.02. The summed E-state index contributed by atoms with van der Waals surface area (Å²) in [5, 5.41) is 1.28. The van der Waals surface area contributed by atoms with E-state index in [1.807, 2.05) is 6.07 Å². The van der Waals surface area contributed by atoms with Crippen molar-refractivity contribution in [2.75, 3.05) is 13.3 Å². The molecule has 0 bridgehead atoms. The van der Waals surface area contributed by atoms with Gasteiger partial charge in [0.05, 0.1) is 17.2 Å². The molecule has 0 aliphatic heterocycles. The summed E-state index contributed by atoms with van der Waals surface area (Å²) in [6.45, 7) is 7.57. The molecule has 19 heavy (non-hydrogen) atoms. The van der Waals surface area contributed by atoms with Gasteiger partial charge in [0.1, 0.15) is 7.14 Å². The van der Waals surface area contributed by atoms with Crippen molar-refractivity contribution in [3.63, 3.8) is 0 Å². The van der Waals surface area contributed by atoms with Gasteiger partial charge in [0.25, 0.3) is 5.56 Å². The van der Waals surface area contributed by atoms with Gasteiger partial charge in [0.2, 0.25) is 0 Å². The Morgan fingerprint density at radius 3 is 2.42 bits per heavy atom. The van der Waals surface area contributed by atoms with Crippen LogP contribution in [0.15, 0.2) is 23.3 Å². The maximum Gasteiger partial charge on any atom is 0.260 e. The molecule has 0 spiro atoms. The molecule has 0 aliphatic carbocycles. The monoisotopic (exact) mass is 278 g/mol. The number of aryl methyl sites for hydroxylation is 1. The fourth-order valence-electron chi connectivity index (χ4n) is 2.32. The van der Waals surface area contributed by atoms with Crippen molar-refractivity contribution in [3.8, 4) is 0 Å². The fraction of sp³-hybridized carbons (Fsp3) is 0.429. The Morgan fingerprint density at radius 1 is 1.26 bits per heavy atom. The Morgan fingerprint density at radius 2 is 1.89 bits per heavy atom. The SMILES string of the molecule is CC(C)c1ccc2c(=O)n(C)cnc2c1P(C)(C)=O. The van der Waals surface area contributed by atoms with E-state index in [0.29, 0.717) is 10.9 Å². The van der Waals surface area contributed by atoms with Crippen molar-refractivity contribution in [1.82, 2.24) is 9.55 Å². The summed E-state index contributed by atoms with van der Waals surface area (Å²) in [7, 11) is -0.832. The van der Waals surface area contributed by atoms with Crippen LogP contribution in [0.1, 0.15) is 25.3 Å². The van der Waals surface area contributed by atoms with Crippen molar-refractivity contribution in [2.24, 2.45) is 7.05 Å². The zero-order chi connectivity index (χ0) is 14.4. The number of benzene rings is 1. The van der Waals surface area contributed by atoms with E-state index >= 15 is 0 Å². The van der Waals surface area contributed by atoms with Crippen LogP contribution in [-0.2, 0) is 11.6 Å². The fourth-order valence-corrected chi connectivity index (χ4v) is 3.96. The molecule has 0 fully saturated rings. The Kier molecular flexibility index (Phi) is 3.40. The molecule has 2 rings (SSSR count). The number of aromatic nitrogens is 2. The van der Waals surface area contributed by atoms with E-state index < -0.39 is 7.14 Å². The lowest BCUT2D eigenvalue weighted by Gasteiger charge is -2.18. The Bertz CT molecular complexity index is 741. The molecule has 1 heterocycles. The minimum Gasteiger partial charge on any atom is -0.319 e. The van der Waals surface area contributed by atoms with Gasteiger partial charge in [0, 0.05) is 12.4 Å². The summed E-state index contributed by atoms with van der Waals surface area (Å²) in [6, 6.07) is 3.70. The second-order valence-corrected chi connectivity index (χ2v) is 8.71. The third-order valence-electron chi connectivity index (χ3n) is 3.25. The predicted molar refractivity (Wildman–Crippen MR) is 80.2 cm³/mol. The lowest BCUT2D eigenvalue weighted by Crippen LogP contribution is -2.22. The first-order valence-electron chi connectivity index (χ1n) is 6.27. The van der Waals surface area contributed by atoms with Crippen LogP contribution in [0.3, 0.4) is 0 Å². The highest BCUT2D eigenvalue weighted by Gasteiger charge is 2.23. The van der Waals surface area contributed by atoms with Crippen molar-refractivity contribution in [1.29, 1.82) is 0 Å². The predicted octanol–water partition coefficient (Wildman–Crippen LogP) is 2.30. The van der Waals surface area contributed by atoms with E-state index in [-0.39, 0.29) is 11.5 Å². The van der Waals surface area contributed by atoms with E-state index in [1.165, 1.54) is 10.9 Å². The molecule has 0 radical (unpaired) electrons. The smallest absolute Gasteiger partial charge is 0.260 e. The summed E-state index contributed by atoms with van der Waals surface area (Å²) in [5.41, 5.74) is 1.50. The molecule has 1 aromatic heterocycles. The molecular formula is C14H19N2O2P. The first-order valence-corrected chi connectivity index (χ1v) is 8.87. The van der Waals surface area contributed by atoms with Crippen LogP contribution in [0.2, 0.25) is 0 Å². The third-order valence-corrected chi connectivity index (χ3v) is 4.80. The third kappa shape index (κ3) is 2.37. The molecule has 4 nitrogen and oxygen atoms in total. The molecule has 5 heteroatoms. The van der Waals surface area contributed by atoms with Gasteiger partial charge < -0.3 is 9.13 Å². The average Bonchev–Trinajstić information content (AvgIpc) is 2.31. The van der Waals surface area contributed by atoms with E-state index in [2.05, 4.69) is 18.8 Å². The highest BCUT2D eigenvalue weighted by molar-refractivity contribution is 7.70. The normalized spacial score (nSPS) is 12.3. The number of hydrogen-bond acceptors (Lipinski definition) is 3. The topological polar surface area (TPSA) is 52.0 Å². The Hall–Kier alpha value is -1.41. The van der Waals surface area contributed by atoms with E-state index in [1.54, 1.807) is 26.4 Å². The van der Waals surface area contributed by atoms with Gasteiger partial charge in [-0.2, -0.15) is 0 Å². The van der Waals surface area contributed by atoms with E-state index in [0.717, 1.165) is 10.9 Å². The van der Waals surface area contributed by atoms with Crippen LogP contribution >= 0.6 is 7.14 Å².